The topological polar surface area (TPSA) is 66.8 Å². The van der Waals surface area contributed by atoms with Gasteiger partial charge in [-0.25, -0.2) is 0 Å². The Kier molecular flexibility index (Phi) is 3.11. The van der Waals surface area contributed by atoms with Crippen molar-refractivity contribution in [2.75, 3.05) is 11.5 Å². The van der Waals surface area contributed by atoms with Gasteiger partial charge in [0.1, 0.15) is 23.4 Å². The average molecular weight is 316 g/mol. The number of fused-ring (bicyclic) bond motifs is 3. The van der Waals surface area contributed by atoms with Crippen LogP contribution in [0.4, 0.5) is 0 Å². The Morgan fingerprint density at radius 3 is 2.50 bits per heavy atom. The number of hydrogen-bond acceptors (Lipinski definition) is 4. The Hall–Kier alpha value is -2.01. The van der Waals surface area contributed by atoms with E-state index in [0.29, 0.717) is 11.5 Å². The van der Waals surface area contributed by atoms with Crippen LogP contribution >= 0.6 is 0 Å². The van der Waals surface area contributed by atoms with E-state index in [0.717, 1.165) is 16.9 Å². The second kappa shape index (κ2) is 5.02. The summed E-state index contributed by atoms with van der Waals surface area (Å²) in [5, 5.41) is 19.2. The Morgan fingerprint density at radius 1 is 1.00 bits per heavy atom. The number of phenols is 2. The van der Waals surface area contributed by atoms with Gasteiger partial charge in [0.25, 0.3) is 0 Å². The van der Waals surface area contributed by atoms with Crippen molar-refractivity contribution in [3.05, 3.63) is 53.6 Å². The molecule has 4 nitrogen and oxygen atoms in total. The molecule has 2 aliphatic heterocycles. The molecule has 1 unspecified atom stereocenters. The number of rotatable bonds is 1. The first-order valence-corrected chi connectivity index (χ1v) is 8.74. The molecular weight excluding hydrogens is 300 g/mol. The average Bonchev–Trinajstić information content (AvgIpc) is 2.89. The van der Waals surface area contributed by atoms with E-state index in [1.165, 1.54) is 0 Å². The smallest absolute Gasteiger partial charge is 0.128 e. The van der Waals surface area contributed by atoms with Gasteiger partial charge in [0.05, 0.1) is 0 Å². The van der Waals surface area contributed by atoms with Gasteiger partial charge in [-0.2, -0.15) is 0 Å². The zero-order chi connectivity index (χ0) is 15.3. The maximum atomic E-state index is 12.1. The Labute approximate surface area is 130 Å². The highest BCUT2D eigenvalue weighted by atomic mass is 32.2. The fourth-order valence-corrected chi connectivity index (χ4v) is 5.28. The first kappa shape index (κ1) is 13.6. The molecule has 2 N–H and O–H groups in total. The predicted molar refractivity (Wildman–Crippen MR) is 83.7 cm³/mol. The van der Waals surface area contributed by atoms with Crippen LogP contribution in [0.1, 0.15) is 23.1 Å². The molecule has 2 aromatic rings. The van der Waals surface area contributed by atoms with Crippen LogP contribution in [-0.2, 0) is 10.8 Å². The molecule has 0 spiro atoms. The lowest BCUT2D eigenvalue weighted by Crippen LogP contribution is -2.29. The zero-order valence-electron chi connectivity index (χ0n) is 11.8. The first-order chi connectivity index (χ1) is 10.6. The van der Waals surface area contributed by atoms with Crippen molar-refractivity contribution in [3.8, 4) is 17.2 Å². The van der Waals surface area contributed by atoms with Crippen LogP contribution in [0.2, 0.25) is 0 Å². The van der Waals surface area contributed by atoms with E-state index in [1.807, 2.05) is 12.1 Å². The molecule has 0 bridgehead atoms. The van der Waals surface area contributed by atoms with E-state index in [4.69, 9.17) is 4.74 Å². The lowest BCUT2D eigenvalue weighted by atomic mass is 9.80. The Balaban J connectivity index is 1.79. The minimum Gasteiger partial charge on any atom is -0.508 e. The summed E-state index contributed by atoms with van der Waals surface area (Å²) in [6.45, 7) is 0. The summed E-state index contributed by atoms with van der Waals surface area (Å²) >= 11 is 0. The summed E-state index contributed by atoms with van der Waals surface area (Å²) in [5.41, 5.74) is 1.93. The summed E-state index contributed by atoms with van der Waals surface area (Å²) in [5.74, 6) is 2.65. The van der Waals surface area contributed by atoms with Crippen molar-refractivity contribution < 1.29 is 19.2 Å². The van der Waals surface area contributed by atoms with Gasteiger partial charge < -0.3 is 14.9 Å². The van der Waals surface area contributed by atoms with Crippen LogP contribution in [0.5, 0.6) is 17.2 Å². The van der Waals surface area contributed by atoms with E-state index in [1.54, 1.807) is 30.3 Å². The monoisotopic (exact) mass is 316 g/mol. The lowest BCUT2D eigenvalue weighted by Gasteiger charge is -2.35. The molecule has 22 heavy (non-hydrogen) atoms. The highest BCUT2D eigenvalue weighted by Gasteiger charge is 2.45. The van der Waals surface area contributed by atoms with Gasteiger partial charge in [-0.1, -0.05) is 12.1 Å². The lowest BCUT2D eigenvalue weighted by molar-refractivity contribution is 0.114. The second-order valence-corrected chi connectivity index (χ2v) is 7.44. The molecule has 5 heteroatoms. The molecular formula is C17H16O4S. The molecule has 2 aliphatic rings. The standard InChI is InChI=1S/C17H16O4S/c18-11-3-1-10(2-4-11)17-15-9-22(20)8-14(15)13-7-12(19)5-6-16(13)21-17/h1-7,14-15,17-19H,8-9H2/t14-,15-,17-,22?/m0/s1. The number of hydrogen-bond donors (Lipinski definition) is 2. The van der Waals surface area contributed by atoms with Crippen LogP contribution in [0.25, 0.3) is 0 Å². The predicted octanol–water partition coefficient (Wildman–Crippen LogP) is 2.69. The maximum absolute atomic E-state index is 12.1. The largest absolute Gasteiger partial charge is 0.508 e. The molecule has 0 aromatic heterocycles. The van der Waals surface area contributed by atoms with Gasteiger partial charge in [-0.15, -0.1) is 0 Å². The summed E-state index contributed by atoms with van der Waals surface area (Å²) in [6, 6.07) is 12.1. The van der Waals surface area contributed by atoms with Gasteiger partial charge in [0.2, 0.25) is 0 Å². The molecule has 4 atom stereocenters. The molecule has 4 rings (SSSR count). The first-order valence-electron chi connectivity index (χ1n) is 7.25. The van der Waals surface area contributed by atoms with Crippen molar-refractivity contribution in [1.82, 2.24) is 0 Å². The maximum Gasteiger partial charge on any atom is 0.128 e. The van der Waals surface area contributed by atoms with Crippen molar-refractivity contribution >= 4 is 10.8 Å². The SMILES string of the molecule is O=S1C[C@H]2[C@@H](C1)c1cc(O)ccc1O[C@H]2c1ccc(O)cc1. The van der Waals surface area contributed by atoms with E-state index in [-0.39, 0.29) is 29.4 Å². The summed E-state index contributed by atoms with van der Waals surface area (Å²) in [4.78, 5) is 0. The van der Waals surface area contributed by atoms with Crippen LogP contribution in [0.15, 0.2) is 42.5 Å². The second-order valence-electron chi connectivity index (χ2n) is 5.90. The highest BCUT2D eigenvalue weighted by molar-refractivity contribution is 7.85. The highest BCUT2D eigenvalue weighted by Crippen LogP contribution is 2.50. The Bertz CT molecular complexity index is 741. The Morgan fingerprint density at radius 2 is 1.73 bits per heavy atom. The summed E-state index contributed by atoms with van der Waals surface area (Å²) < 4.78 is 18.2. The fourth-order valence-electron chi connectivity index (χ4n) is 3.48. The minimum absolute atomic E-state index is 0.125. The van der Waals surface area contributed by atoms with Crippen molar-refractivity contribution in [2.24, 2.45) is 5.92 Å². The number of benzene rings is 2. The van der Waals surface area contributed by atoms with Gasteiger partial charge in [0, 0.05) is 39.7 Å². The summed E-state index contributed by atoms with van der Waals surface area (Å²) in [6.07, 6.45) is -0.172. The third kappa shape index (κ3) is 2.16. The molecule has 0 radical (unpaired) electrons. The van der Waals surface area contributed by atoms with E-state index < -0.39 is 10.8 Å². The molecule has 2 aromatic carbocycles. The van der Waals surface area contributed by atoms with Gasteiger partial charge in [-0.3, -0.25) is 4.21 Å². The van der Waals surface area contributed by atoms with Gasteiger partial charge >= 0.3 is 0 Å². The van der Waals surface area contributed by atoms with Crippen molar-refractivity contribution in [2.45, 2.75) is 12.0 Å². The van der Waals surface area contributed by atoms with Crippen LogP contribution < -0.4 is 4.74 Å². The fraction of sp³-hybridized carbons (Fsp3) is 0.294. The normalized spacial score (nSPS) is 29.5. The number of aromatic hydroxyl groups is 2. The molecule has 0 amide bonds. The summed E-state index contributed by atoms with van der Waals surface area (Å²) in [7, 11) is -0.867. The van der Waals surface area contributed by atoms with Crippen LogP contribution in [0.3, 0.4) is 0 Å². The van der Waals surface area contributed by atoms with E-state index in [2.05, 4.69) is 0 Å². The molecule has 2 heterocycles. The molecule has 1 saturated heterocycles. The van der Waals surface area contributed by atoms with E-state index in [9.17, 15) is 14.4 Å². The third-order valence-corrected chi connectivity index (χ3v) is 6.01. The van der Waals surface area contributed by atoms with Gasteiger partial charge in [0.15, 0.2) is 0 Å². The van der Waals surface area contributed by atoms with Crippen molar-refractivity contribution in [1.29, 1.82) is 0 Å². The minimum atomic E-state index is -0.867. The molecule has 1 fully saturated rings. The van der Waals surface area contributed by atoms with Crippen LogP contribution in [-0.4, -0.2) is 25.9 Å². The van der Waals surface area contributed by atoms with E-state index >= 15 is 0 Å². The number of phenolic OH excluding ortho intramolecular Hbond substituents is 2. The number of ether oxygens (including phenoxy) is 1. The van der Waals surface area contributed by atoms with Crippen molar-refractivity contribution in [3.63, 3.8) is 0 Å². The molecule has 0 aliphatic carbocycles. The quantitative estimate of drug-likeness (QED) is 0.849. The molecule has 114 valence electrons. The zero-order valence-corrected chi connectivity index (χ0v) is 12.6. The van der Waals surface area contributed by atoms with Crippen LogP contribution in [0, 0.1) is 5.92 Å². The molecule has 0 saturated carbocycles. The van der Waals surface area contributed by atoms with Gasteiger partial charge in [-0.05, 0) is 35.9 Å². The third-order valence-electron chi connectivity index (χ3n) is 4.52.